The molecule has 1 atom stereocenters. The Bertz CT molecular complexity index is 1420. The fraction of sp³-hybridized carbons (Fsp3) is 0.269. The van der Waals surface area contributed by atoms with Gasteiger partial charge in [0.2, 0.25) is 0 Å². The van der Waals surface area contributed by atoms with Crippen LogP contribution in [0.2, 0.25) is 0 Å². The lowest BCUT2D eigenvalue weighted by atomic mass is 9.73. The Morgan fingerprint density at radius 3 is 2.40 bits per heavy atom. The van der Waals surface area contributed by atoms with Crippen LogP contribution in [-0.2, 0) is 12.0 Å². The molecule has 0 aliphatic carbocycles. The van der Waals surface area contributed by atoms with Crippen molar-refractivity contribution in [2.24, 2.45) is 0 Å². The zero-order valence-electron chi connectivity index (χ0n) is 19.1. The summed E-state index contributed by atoms with van der Waals surface area (Å²) in [6, 6.07) is 10.8. The molecule has 2 N–H and O–H groups in total. The summed E-state index contributed by atoms with van der Waals surface area (Å²) in [6.45, 7) is 2.24. The van der Waals surface area contributed by atoms with Crippen LogP contribution in [0.4, 0.5) is 13.2 Å². The van der Waals surface area contributed by atoms with E-state index >= 15 is 0 Å². The minimum absolute atomic E-state index is 0.153. The van der Waals surface area contributed by atoms with E-state index in [1.54, 1.807) is 50.5 Å². The molecule has 0 saturated heterocycles. The van der Waals surface area contributed by atoms with Crippen molar-refractivity contribution in [2.75, 3.05) is 0 Å². The fourth-order valence-electron chi connectivity index (χ4n) is 4.44. The van der Waals surface area contributed by atoms with Gasteiger partial charge in [-0.3, -0.25) is 14.8 Å². The summed E-state index contributed by atoms with van der Waals surface area (Å²) in [7, 11) is 0. The quantitative estimate of drug-likeness (QED) is 0.410. The van der Waals surface area contributed by atoms with Gasteiger partial charge in [-0.05, 0) is 41.7 Å². The Hall–Kier alpha value is -3.72. The molecule has 1 aromatic carbocycles. The molecule has 4 aromatic rings. The molecule has 3 heterocycles. The van der Waals surface area contributed by atoms with E-state index in [0.717, 1.165) is 11.6 Å². The molecule has 0 aliphatic rings. The molecule has 0 spiro atoms. The highest BCUT2D eigenvalue weighted by molar-refractivity contribution is 5.77. The SMILES string of the molecule is CC(C)(CC(O)(Cn1ccc(=O)c2cnccc21)C(F)(F)F)c1cc(-c2cccnc2)ccc1O. The third-order valence-electron chi connectivity index (χ3n) is 6.19. The molecule has 0 aliphatic heterocycles. The Labute approximate surface area is 199 Å². The summed E-state index contributed by atoms with van der Waals surface area (Å²) in [4.78, 5) is 20.1. The highest BCUT2D eigenvalue weighted by atomic mass is 19.4. The predicted octanol–water partition coefficient (Wildman–Crippen LogP) is 4.83. The van der Waals surface area contributed by atoms with E-state index in [9.17, 15) is 28.2 Å². The maximum atomic E-state index is 14.4. The summed E-state index contributed by atoms with van der Waals surface area (Å²) in [5.41, 5.74) is -2.93. The number of alkyl halides is 3. The van der Waals surface area contributed by atoms with Crippen LogP contribution in [0.3, 0.4) is 0 Å². The first-order valence-corrected chi connectivity index (χ1v) is 10.9. The molecule has 0 radical (unpaired) electrons. The maximum absolute atomic E-state index is 14.4. The van der Waals surface area contributed by atoms with E-state index in [2.05, 4.69) is 9.97 Å². The molecule has 0 bridgehead atoms. The Balaban J connectivity index is 1.76. The fourth-order valence-corrected chi connectivity index (χ4v) is 4.44. The minimum Gasteiger partial charge on any atom is -0.508 e. The van der Waals surface area contributed by atoms with Gasteiger partial charge in [-0.2, -0.15) is 13.2 Å². The van der Waals surface area contributed by atoms with E-state index in [4.69, 9.17) is 0 Å². The van der Waals surface area contributed by atoms with Crippen LogP contribution in [0, 0.1) is 0 Å². The van der Waals surface area contributed by atoms with Gasteiger partial charge in [0, 0.05) is 48.2 Å². The first-order valence-electron chi connectivity index (χ1n) is 10.9. The smallest absolute Gasteiger partial charge is 0.418 e. The number of pyridine rings is 3. The van der Waals surface area contributed by atoms with E-state index < -0.39 is 30.2 Å². The summed E-state index contributed by atoms with van der Waals surface area (Å²) in [5, 5.41) is 21.8. The topological polar surface area (TPSA) is 88.2 Å². The van der Waals surface area contributed by atoms with Crippen molar-refractivity contribution in [3.63, 3.8) is 0 Å². The molecule has 1 unspecified atom stereocenters. The lowest BCUT2D eigenvalue weighted by Gasteiger charge is -2.39. The van der Waals surface area contributed by atoms with Gasteiger partial charge in [-0.25, -0.2) is 0 Å². The number of aliphatic hydroxyl groups is 1. The lowest BCUT2D eigenvalue weighted by Crippen LogP contribution is -2.52. The number of phenolic OH excluding ortho intramolecular Hbond substituents is 1. The van der Waals surface area contributed by atoms with Crippen LogP contribution in [0.5, 0.6) is 5.75 Å². The van der Waals surface area contributed by atoms with Crippen LogP contribution in [-0.4, -0.2) is 36.5 Å². The number of aromatic nitrogens is 3. The van der Waals surface area contributed by atoms with Gasteiger partial charge >= 0.3 is 6.18 Å². The third kappa shape index (κ3) is 4.77. The van der Waals surface area contributed by atoms with Crippen LogP contribution < -0.4 is 5.43 Å². The Kier molecular flexibility index (Phi) is 6.14. The number of rotatable bonds is 6. The summed E-state index contributed by atoms with van der Waals surface area (Å²) in [5.74, 6) is -0.174. The summed E-state index contributed by atoms with van der Waals surface area (Å²) < 4.78 is 44.3. The van der Waals surface area contributed by atoms with Gasteiger partial charge in [-0.1, -0.05) is 26.0 Å². The predicted molar refractivity (Wildman–Crippen MR) is 126 cm³/mol. The van der Waals surface area contributed by atoms with Gasteiger partial charge in [0.25, 0.3) is 0 Å². The number of nitrogens with zero attached hydrogens (tertiary/aromatic N) is 3. The van der Waals surface area contributed by atoms with Crippen molar-refractivity contribution in [1.82, 2.24) is 14.5 Å². The highest BCUT2D eigenvalue weighted by Crippen LogP contribution is 2.45. The number of halogens is 3. The standard InChI is InChI=1S/C26H24F3N3O3/c1-24(2,20-12-17(5-6-23(20)34)18-4-3-9-30-13-18)15-25(35,26(27,28)29)16-32-11-8-22(33)19-14-31-10-7-21(19)32/h3-14,34-35H,15-16H2,1-2H3. The van der Waals surface area contributed by atoms with Crippen molar-refractivity contribution in [2.45, 2.75) is 44.0 Å². The first kappa shape index (κ1) is 24.4. The third-order valence-corrected chi connectivity index (χ3v) is 6.19. The van der Waals surface area contributed by atoms with Gasteiger partial charge in [0.1, 0.15) is 5.75 Å². The van der Waals surface area contributed by atoms with Gasteiger partial charge in [0.05, 0.1) is 17.4 Å². The molecule has 0 fully saturated rings. The van der Waals surface area contributed by atoms with E-state index in [0.29, 0.717) is 5.56 Å². The van der Waals surface area contributed by atoms with Crippen molar-refractivity contribution in [1.29, 1.82) is 0 Å². The lowest BCUT2D eigenvalue weighted by molar-refractivity contribution is -0.271. The summed E-state index contributed by atoms with van der Waals surface area (Å²) in [6.07, 6.45) is 1.37. The second-order valence-corrected chi connectivity index (χ2v) is 9.26. The molecule has 0 amide bonds. The van der Waals surface area contributed by atoms with Crippen LogP contribution in [0.15, 0.2) is 78.2 Å². The zero-order chi connectivity index (χ0) is 25.4. The number of aromatic hydroxyl groups is 1. The van der Waals surface area contributed by atoms with E-state index in [1.807, 2.05) is 0 Å². The first-order chi connectivity index (χ1) is 16.4. The molecule has 4 rings (SSSR count). The average Bonchev–Trinajstić information content (AvgIpc) is 2.81. The maximum Gasteiger partial charge on any atom is 0.418 e. The second-order valence-electron chi connectivity index (χ2n) is 9.26. The minimum atomic E-state index is -5.00. The van der Waals surface area contributed by atoms with Crippen molar-refractivity contribution in [3.8, 4) is 16.9 Å². The van der Waals surface area contributed by atoms with Crippen LogP contribution in [0.1, 0.15) is 25.8 Å². The number of hydrogen-bond donors (Lipinski definition) is 2. The average molecular weight is 483 g/mol. The molecule has 182 valence electrons. The number of benzene rings is 1. The molecule has 6 nitrogen and oxygen atoms in total. The second kappa shape index (κ2) is 8.81. The van der Waals surface area contributed by atoms with Gasteiger partial charge < -0.3 is 14.8 Å². The zero-order valence-corrected chi connectivity index (χ0v) is 19.1. The largest absolute Gasteiger partial charge is 0.508 e. The van der Waals surface area contributed by atoms with Crippen molar-refractivity contribution in [3.05, 3.63) is 89.2 Å². The summed E-state index contributed by atoms with van der Waals surface area (Å²) >= 11 is 0. The van der Waals surface area contributed by atoms with Gasteiger partial charge in [-0.15, -0.1) is 0 Å². The monoisotopic (exact) mass is 483 g/mol. The molecule has 35 heavy (non-hydrogen) atoms. The molecular formula is C26H24F3N3O3. The van der Waals surface area contributed by atoms with Crippen molar-refractivity contribution < 1.29 is 23.4 Å². The number of phenols is 1. The van der Waals surface area contributed by atoms with Crippen molar-refractivity contribution >= 4 is 10.9 Å². The van der Waals surface area contributed by atoms with Crippen LogP contribution >= 0.6 is 0 Å². The number of hydrogen-bond acceptors (Lipinski definition) is 5. The molecular weight excluding hydrogens is 459 g/mol. The van der Waals surface area contributed by atoms with E-state index in [1.165, 1.54) is 35.3 Å². The Morgan fingerprint density at radius 1 is 0.971 bits per heavy atom. The molecule has 3 aromatic heterocycles. The van der Waals surface area contributed by atoms with Crippen LogP contribution in [0.25, 0.3) is 22.0 Å². The van der Waals surface area contributed by atoms with Gasteiger partial charge in [0.15, 0.2) is 11.0 Å². The highest BCUT2D eigenvalue weighted by Gasteiger charge is 2.56. The van der Waals surface area contributed by atoms with E-state index in [-0.39, 0.29) is 27.6 Å². The molecule has 9 heteroatoms. The normalized spacial score (nSPS) is 14.1. The Morgan fingerprint density at radius 2 is 1.71 bits per heavy atom. The number of fused-ring (bicyclic) bond motifs is 1. The molecule has 0 saturated carbocycles.